The summed E-state index contributed by atoms with van der Waals surface area (Å²) in [6.07, 6.45) is 34.5. The number of ether oxygens (including phenoxy) is 8. The molecule has 0 aliphatic heterocycles. The maximum Gasteiger partial charge on any atom is 0.323 e. The minimum atomic E-state index is -0.197. The third-order valence-electron chi connectivity index (χ3n) is 12.2. The zero-order chi connectivity index (χ0) is 48.8. The monoisotopic (exact) mass is 960 g/mol. The number of rotatable bonds is 57. The number of nitrogens with one attached hydrogen (secondary N) is 1. The van der Waals surface area contributed by atoms with E-state index in [1.54, 1.807) is 0 Å². The van der Waals surface area contributed by atoms with E-state index >= 15 is 0 Å². The van der Waals surface area contributed by atoms with E-state index in [0.29, 0.717) is 85.9 Å². The molecule has 0 spiro atoms. The number of hydrogen-bond donors (Lipinski definition) is 2. The van der Waals surface area contributed by atoms with Crippen LogP contribution in [0.5, 0.6) is 0 Å². The van der Waals surface area contributed by atoms with Gasteiger partial charge in [0.1, 0.15) is 12.1 Å². The Hall–Kier alpha value is -1.38. The molecule has 400 valence electrons. The summed E-state index contributed by atoms with van der Waals surface area (Å²) in [4.78, 5) is 26.0. The van der Waals surface area contributed by atoms with Gasteiger partial charge in [-0.3, -0.25) is 9.59 Å². The van der Waals surface area contributed by atoms with Crippen molar-refractivity contribution >= 4 is 11.9 Å². The number of carbonyl (C=O) groups is 2. The molecule has 0 aromatic heterocycles. The van der Waals surface area contributed by atoms with Gasteiger partial charge in [0.15, 0.2) is 0 Å². The lowest BCUT2D eigenvalue weighted by Gasteiger charge is -2.19. The first-order valence-corrected chi connectivity index (χ1v) is 28.2. The fourth-order valence-electron chi connectivity index (χ4n) is 7.96. The van der Waals surface area contributed by atoms with Gasteiger partial charge < -0.3 is 48.3 Å². The number of aliphatic hydroxyl groups excluding tert-OH is 1. The molecule has 0 amide bonds. The topological polar surface area (TPSA) is 140 Å². The lowest BCUT2D eigenvalue weighted by Crippen LogP contribution is -2.38. The highest BCUT2D eigenvalue weighted by atomic mass is 16.6. The Morgan fingerprint density at radius 3 is 1.31 bits per heavy atom. The summed E-state index contributed by atoms with van der Waals surface area (Å²) in [6.45, 7) is 16.1. The van der Waals surface area contributed by atoms with E-state index in [2.05, 4.69) is 33.0 Å². The lowest BCUT2D eigenvalue weighted by atomic mass is 9.94. The van der Waals surface area contributed by atoms with Gasteiger partial charge in [0.05, 0.1) is 85.2 Å². The summed E-state index contributed by atoms with van der Waals surface area (Å²) in [7, 11) is 0. The van der Waals surface area contributed by atoms with E-state index in [1.165, 1.54) is 89.9 Å². The first-order chi connectivity index (χ1) is 33.0. The third kappa shape index (κ3) is 48.0. The van der Waals surface area contributed by atoms with E-state index in [-0.39, 0.29) is 36.6 Å². The van der Waals surface area contributed by atoms with Crippen LogP contribution < -0.4 is 5.32 Å². The van der Waals surface area contributed by atoms with Gasteiger partial charge in [0.2, 0.25) is 0 Å². The van der Waals surface area contributed by atoms with Crippen LogP contribution in [0.4, 0.5) is 0 Å². The zero-order valence-electron chi connectivity index (χ0n) is 44.3. The normalized spacial score (nSPS) is 13.0. The van der Waals surface area contributed by atoms with Crippen molar-refractivity contribution in [2.24, 2.45) is 5.92 Å². The second kappa shape index (κ2) is 55.5. The molecular weight excluding hydrogens is 851 g/mol. The van der Waals surface area contributed by atoms with Gasteiger partial charge in [-0.1, -0.05) is 169 Å². The highest BCUT2D eigenvalue weighted by Gasteiger charge is 2.20. The van der Waals surface area contributed by atoms with Crippen molar-refractivity contribution in [3.63, 3.8) is 0 Å². The molecule has 0 aliphatic rings. The van der Waals surface area contributed by atoms with Gasteiger partial charge in [0, 0.05) is 13.2 Å². The fourth-order valence-corrected chi connectivity index (χ4v) is 7.96. The average Bonchev–Trinajstić information content (AvgIpc) is 3.33. The molecule has 67 heavy (non-hydrogen) atoms. The molecule has 0 aliphatic carbocycles. The van der Waals surface area contributed by atoms with Gasteiger partial charge in [-0.05, 0) is 64.3 Å². The standard InChI is InChI=1S/C55H109NO11/c1-5-9-13-17-19-26-34-51(33-25-15-11-7-3)54(58)66-40-31-22-18-21-29-38-63-49-52(50-64-48-47-62-46-45-61-44-43-60-42-37-57)65-39-30-23-24-32-41-67-55(59)53(35-27-16-12-8-4)56-36-28-20-14-10-6-2/h51-53,56-57H,5-50H2,1-4H3. The van der Waals surface area contributed by atoms with Crippen molar-refractivity contribution in [3.8, 4) is 0 Å². The third-order valence-corrected chi connectivity index (χ3v) is 12.2. The predicted molar refractivity (Wildman–Crippen MR) is 274 cm³/mol. The molecule has 12 heteroatoms. The Morgan fingerprint density at radius 1 is 0.388 bits per heavy atom. The molecular formula is C55H109NO11. The molecule has 0 aromatic carbocycles. The number of esters is 2. The SMILES string of the molecule is CCCCCCCCC(CCCCCC)C(=O)OCCCCCCCOCC(COCCOCCOCCOCCO)OCCCCCCOC(=O)C(CCCCCC)NCCCCCCC. The Labute approximate surface area is 412 Å². The molecule has 0 saturated carbocycles. The maximum absolute atomic E-state index is 13.0. The van der Waals surface area contributed by atoms with E-state index < -0.39 is 0 Å². The maximum atomic E-state index is 13.0. The average molecular weight is 960 g/mol. The van der Waals surface area contributed by atoms with Crippen molar-refractivity contribution in [2.75, 3.05) is 99.0 Å². The molecule has 0 aromatic rings. The highest BCUT2D eigenvalue weighted by Crippen LogP contribution is 2.21. The Kier molecular flexibility index (Phi) is 54.4. The summed E-state index contributed by atoms with van der Waals surface area (Å²) in [5, 5.41) is 12.3. The predicted octanol–water partition coefficient (Wildman–Crippen LogP) is 12.3. The first kappa shape index (κ1) is 65.6. The lowest BCUT2D eigenvalue weighted by molar-refractivity contribution is -0.149. The van der Waals surface area contributed by atoms with Crippen LogP contribution in [0.25, 0.3) is 0 Å². The van der Waals surface area contributed by atoms with Crippen LogP contribution in [0.3, 0.4) is 0 Å². The van der Waals surface area contributed by atoms with Crippen LogP contribution in [-0.4, -0.2) is 128 Å². The number of carbonyl (C=O) groups excluding carboxylic acids is 2. The summed E-state index contributed by atoms with van der Waals surface area (Å²) in [5.41, 5.74) is 0. The Bertz CT molecular complexity index is 992. The minimum absolute atomic E-state index is 0.0139. The van der Waals surface area contributed by atoms with Gasteiger partial charge >= 0.3 is 11.9 Å². The van der Waals surface area contributed by atoms with Crippen LogP contribution in [0.1, 0.15) is 227 Å². The molecule has 0 saturated heterocycles. The molecule has 12 nitrogen and oxygen atoms in total. The molecule has 0 radical (unpaired) electrons. The van der Waals surface area contributed by atoms with E-state index in [0.717, 1.165) is 116 Å². The molecule has 3 atom stereocenters. The summed E-state index contributed by atoms with van der Waals surface area (Å²) in [6, 6.07) is -0.197. The molecule has 2 N–H and O–H groups in total. The largest absolute Gasteiger partial charge is 0.465 e. The summed E-state index contributed by atoms with van der Waals surface area (Å²) >= 11 is 0. The van der Waals surface area contributed by atoms with Gasteiger partial charge in [0.25, 0.3) is 0 Å². The van der Waals surface area contributed by atoms with Crippen LogP contribution >= 0.6 is 0 Å². The first-order valence-electron chi connectivity index (χ1n) is 28.2. The van der Waals surface area contributed by atoms with E-state index in [4.69, 9.17) is 43.0 Å². The quantitative estimate of drug-likeness (QED) is 0.0443. The smallest absolute Gasteiger partial charge is 0.323 e. The van der Waals surface area contributed by atoms with Gasteiger partial charge in [-0.2, -0.15) is 0 Å². The van der Waals surface area contributed by atoms with Crippen LogP contribution in [-0.2, 0) is 47.5 Å². The van der Waals surface area contributed by atoms with Crippen molar-refractivity contribution < 1.29 is 52.6 Å². The van der Waals surface area contributed by atoms with E-state index in [1.807, 2.05) is 0 Å². The number of hydrogen-bond acceptors (Lipinski definition) is 12. The van der Waals surface area contributed by atoms with Crippen LogP contribution in [0.2, 0.25) is 0 Å². The Morgan fingerprint density at radius 2 is 0.776 bits per heavy atom. The molecule has 0 bridgehead atoms. The highest BCUT2D eigenvalue weighted by molar-refractivity contribution is 5.75. The van der Waals surface area contributed by atoms with Crippen molar-refractivity contribution in [2.45, 2.75) is 239 Å². The van der Waals surface area contributed by atoms with E-state index in [9.17, 15) is 9.59 Å². The van der Waals surface area contributed by atoms with Gasteiger partial charge in [-0.25, -0.2) is 0 Å². The van der Waals surface area contributed by atoms with Crippen LogP contribution in [0, 0.1) is 5.92 Å². The molecule has 0 heterocycles. The fraction of sp³-hybridized carbons (Fsp3) is 0.964. The molecule has 0 rings (SSSR count). The molecule has 0 fully saturated rings. The second-order valence-corrected chi connectivity index (χ2v) is 18.6. The van der Waals surface area contributed by atoms with Gasteiger partial charge in [-0.15, -0.1) is 0 Å². The molecule has 3 unspecified atom stereocenters. The second-order valence-electron chi connectivity index (χ2n) is 18.6. The van der Waals surface area contributed by atoms with Crippen molar-refractivity contribution in [3.05, 3.63) is 0 Å². The van der Waals surface area contributed by atoms with Crippen molar-refractivity contribution in [1.29, 1.82) is 0 Å². The number of aliphatic hydroxyl groups is 1. The van der Waals surface area contributed by atoms with Crippen molar-refractivity contribution in [1.82, 2.24) is 5.32 Å². The summed E-state index contributed by atoms with van der Waals surface area (Å²) < 4.78 is 46.1. The Balaban J connectivity index is 4.55. The summed E-state index contributed by atoms with van der Waals surface area (Å²) in [5.74, 6) is -0.000435. The number of unbranched alkanes of at least 4 members (excludes halogenated alkanes) is 22. The van der Waals surface area contributed by atoms with Crippen LogP contribution in [0.15, 0.2) is 0 Å². The zero-order valence-corrected chi connectivity index (χ0v) is 44.3. The minimum Gasteiger partial charge on any atom is -0.465 e.